The van der Waals surface area contributed by atoms with Gasteiger partial charge >= 0.3 is 0 Å². The van der Waals surface area contributed by atoms with Crippen molar-refractivity contribution in [2.45, 2.75) is 19.9 Å². The molecule has 0 fully saturated rings. The molecule has 1 atom stereocenters. The van der Waals surface area contributed by atoms with Crippen molar-refractivity contribution in [3.63, 3.8) is 0 Å². The number of nitrogens with one attached hydrogen (secondary N) is 2. The summed E-state index contributed by atoms with van der Waals surface area (Å²) in [5.74, 6) is 0.807. The van der Waals surface area contributed by atoms with E-state index >= 15 is 0 Å². The average Bonchev–Trinajstić information content (AvgIpc) is 2.76. The first-order valence-electron chi connectivity index (χ1n) is 5.15. The molecule has 2 aromatic rings. The van der Waals surface area contributed by atoms with Gasteiger partial charge in [0, 0.05) is 11.4 Å². The summed E-state index contributed by atoms with van der Waals surface area (Å²) in [5, 5.41) is 10.0. The minimum absolute atomic E-state index is 0.0722. The quantitative estimate of drug-likeness (QED) is 0.686. The lowest BCUT2D eigenvalue weighted by atomic mass is 10.1. The summed E-state index contributed by atoms with van der Waals surface area (Å²) in [5.41, 5.74) is 8.66. The van der Waals surface area contributed by atoms with Gasteiger partial charge in [0.25, 0.3) is 0 Å². The van der Waals surface area contributed by atoms with E-state index in [1.807, 2.05) is 32.0 Å². The molecule has 0 aliphatic heterocycles. The lowest BCUT2D eigenvalue weighted by molar-refractivity contribution is 0.795. The van der Waals surface area contributed by atoms with Crippen molar-refractivity contribution in [2.24, 2.45) is 0 Å². The molecule has 0 saturated heterocycles. The summed E-state index contributed by atoms with van der Waals surface area (Å²) in [6, 6.07) is 5.87. The maximum Gasteiger partial charge on any atom is 0.146 e. The summed E-state index contributed by atoms with van der Waals surface area (Å²) >= 11 is 0. The molecule has 0 aliphatic carbocycles. The molecule has 4 N–H and O–H groups in total. The summed E-state index contributed by atoms with van der Waals surface area (Å²) in [7, 11) is 0. The number of hydrogen-bond acceptors (Lipinski definition) is 4. The lowest BCUT2D eigenvalue weighted by Crippen LogP contribution is -2.09. The maximum absolute atomic E-state index is 5.75. The van der Waals surface area contributed by atoms with Gasteiger partial charge in [-0.3, -0.25) is 5.10 Å². The molecule has 2 rings (SSSR count). The number of nitrogen functional groups attached to an aromatic ring is 1. The van der Waals surface area contributed by atoms with E-state index in [4.69, 9.17) is 5.73 Å². The van der Waals surface area contributed by atoms with Crippen molar-refractivity contribution in [1.82, 2.24) is 15.2 Å². The Kier molecular flexibility index (Phi) is 2.76. The first-order valence-corrected chi connectivity index (χ1v) is 5.15. The highest BCUT2D eigenvalue weighted by molar-refractivity contribution is 5.59. The monoisotopic (exact) mass is 217 g/mol. The van der Waals surface area contributed by atoms with Gasteiger partial charge in [-0.25, -0.2) is 4.98 Å². The summed E-state index contributed by atoms with van der Waals surface area (Å²) in [4.78, 5) is 4.10. The van der Waals surface area contributed by atoms with Gasteiger partial charge in [0.15, 0.2) is 0 Å². The van der Waals surface area contributed by atoms with Crippen LogP contribution in [0.25, 0.3) is 0 Å². The predicted molar refractivity (Wildman–Crippen MR) is 64.0 cm³/mol. The fourth-order valence-electron chi connectivity index (χ4n) is 1.52. The van der Waals surface area contributed by atoms with Crippen molar-refractivity contribution in [2.75, 3.05) is 11.1 Å². The molecule has 5 heteroatoms. The number of H-pyrrole nitrogens is 1. The van der Waals surface area contributed by atoms with E-state index in [0.717, 1.165) is 22.8 Å². The van der Waals surface area contributed by atoms with E-state index in [9.17, 15) is 0 Å². The SMILES string of the molecule is Cc1ccc(N)cc1NC(C)c1ncn[nH]1. The number of aromatic nitrogens is 3. The van der Waals surface area contributed by atoms with Crippen LogP contribution in [-0.2, 0) is 0 Å². The lowest BCUT2D eigenvalue weighted by Gasteiger charge is -2.15. The van der Waals surface area contributed by atoms with Crippen LogP contribution in [0.3, 0.4) is 0 Å². The molecule has 0 amide bonds. The predicted octanol–water partition coefficient (Wildman–Crippen LogP) is 1.87. The first-order chi connectivity index (χ1) is 7.66. The van der Waals surface area contributed by atoms with Gasteiger partial charge in [-0.05, 0) is 31.5 Å². The van der Waals surface area contributed by atoms with Crippen LogP contribution in [0.4, 0.5) is 11.4 Å². The van der Waals surface area contributed by atoms with Gasteiger partial charge in [0.1, 0.15) is 12.2 Å². The van der Waals surface area contributed by atoms with Gasteiger partial charge in [0.2, 0.25) is 0 Å². The second kappa shape index (κ2) is 4.22. The third-order valence-corrected chi connectivity index (χ3v) is 2.48. The minimum Gasteiger partial charge on any atom is -0.399 e. The van der Waals surface area contributed by atoms with Crippen LogP contribution < -0.4 is 11.1 Å². The Morgan fingerprint density at radius 1 is 1.44 bits per heavy atom. The van der Waals surface area contributed by atoms with E-state index in [0.29, 0.717) is 0 Å². The third-order valence-electron chi connectivity index (χ3n) is 2.48. The highest BCUT2D eigenvalue weighted by atomic mass is 15.2. The highest BCUT2D eigenvalue weighted by Gasteiger charge is 2.09. The number of nitrogens with zero attached hydrogens (tertiary/aromatic N) is 2. The Balaban J connectivity index is 2.17. The summed E-state index contributed by atoms with van der Waals surface area (Å²) in [6.45, 7) is 4.05. The standard InChI is InChI=1S/C11H15N5/c1-7-3-4-9(12)5-10(7)15-8(2)11-13-6-14-16-11/h3-6,8,15H,12H2,1-2H3,(H,13,14,16). The molecular formula is C11H15N5. The number of nitrogens with two attached hydrogens (primary N) is 1. The number of aryl methyl sites for hydroxylation is 1. The van der Waals surface area contributed by atoms with E-state index in [1.165, 1.54) is 6.33 Å². The van der Waals surface area contributed by atoms with Crippen LogP contribution in [0.5, 0.6) is 0 Å². The van der Waals surface area contributed by atoms with Gasteiger partial charge < -0.3 is 11.1 Å². The van der Waals surface area contributed by atoms with E-state index < -0.39 is 0 Å². The summed E-state index contributed by atoms with van der Waals surface area (Å²) < 4.78 is 0. The van der Waals surface area contributed by atoms with Crippen molar-refractivity contribution >= 4 is 11.4 Å². The molecular weight excluding hydrogens is 202 g/mol. The smallest absolute Gasteiger partial charge is 0.146 e. The Morgan fingerprint density at radius 2 is 2.25 bits per heavy atom. The molecule has 0 aliphatic rings. The third kappa shape index (κ3) is 2.13. The molecule has 5 nitrogen and oxygen atoms in total. The second-order valence-corrected chi connectivity index (χ2v) is 3.81. The number of anilines is 2. The normalized spacial score (nSPS) is 12.4. The zero-order valence-electron chi connectivity index (χ0n) is 9.36. The largest absolute Gasteiger partial charge is 0.399 e. The molecule has 16 heavy (non-hydrogen) atoms. The van der Waals surface area contributed by atoms with E-state index in [2.05, 4.69) is 20.5 Å². The fraction of sp³-hybridized carbons (Fsp3) is 0.273. The molecule has 0 saturated carbocycles. The molecule has 0 radical (unpaired) electrons. The van der Waals surface area contributed by atoms with Gasteiger partial charge in [-0.15, -0.1) is 0 Å². The van der Waals surface area contributed by atoms with Crippen LogP contribution in [-0.4, -0.2) is 15.2 Å². The Labute approximate surface area is 94.1 Å². The number of aromatic amines is 1. The maximum atomic E-state index is 5.75. The number of hydrogen-bond donors (Lipinski definition) is 3. The molecule has 1 aromatic heterocycles. The van der Waals surface area contributed by atoms with Crippen LogP contribution in [0.1, 0.15) is 24.4 Å². The Hall–Kier alpha value is -2.04. The molecule has 84 valence electrons. The van der Waals surface area contributed by atoms with Crippen LogP contribution >= 0.6 is 0 Å². The van der Waals surface area contributed by atoms with Gasteiger partial charge in [-0.2, -0.15) is 5.10 Å². The molecule has 1 aromatic carbocycles. The van der Waals surface area contributed by atoms with Crippen molar-refractivity contribution in [1.29, 1.82) is 0 Å². The number of rotatable bonds is 3. The number of benzene rings is 1. The molecule has 0 spiro atoms. The highest BCUT2D eigenvalue weighted by Crippen LogP contribution is 2.22. The van der Waals surface area contributed by atoms with Crippen LogP contribution in [0, 0.1) is 6.92 Å². The van der Waals surface area contributed by atoms with Crippen LogP contribution in [0.2, 0.25) is 0 Å². The topological polar surface area (TPSA) is 79.6 Å². The van der Waals surface area contributed by atoms with E-state index in [1.54, 1.807) is 0 Å². The Morgan fingerprint density at radius 3 is 2.94 bits per heavy atom. The first kappa shape index (κ1) is 10.5. The molecule has 1 heterocycles. The molecule has 1 unspecified atom stereocenters. The van der Waals surface area contributed by atoms with E-state index in [-0.39, 0.29) is 6.04 Å². The van der Waals surface area contributed by atoms with Gasteiger partial charge in [-0.1, -0.05) is 6.07 Å². The van der Waals surface area contributed by atoms with Crippen molar-refractivity contribution < 1.29 is 0 Å². The summed E-state index contributed by atoms with van der Waals surface area (Å²) in [6.07, 6.45) is 1.50. The second-order valence-electron chi connectivity index (χ2n) is 3.81. The minimum atomic E-state index is 0.0722. The fourth-order valence-corrected chi connectivity index (χ4v) is 1.52. The van der Waals surface area contributed by atoms with Crippen LogP contribution in [0.15, 0.2) is 24.5 Å². The average molecular weight is 217 g/mol. The Bertz CT molecular complexity index is 463. The molecule has 0 bridgehead atoms. The zero-order valence-corrected chi connectivity index (χ0v) is 9.36. The zero-order chi connectivity index (χ0) is 11.5. The van der Waals surface area contributed by atoms with Gasteiger partial charge in [0.05, 0.1) is 6.04 Å². The van der Waals surface area contributed by atoms with Crippen molar-refractivity contribution in [3.8, 4) is 0 Å². The van der Waals surface area contributed by atoms with Crippen molar-refractivity contribution in [3.05, 3.63) is 35.9 Å².